The van der Waals surface area contributed by atoms with Crippen molar-refractivity contribution in [1.29, 1.82) is 0 Å². The molecule has 0 aliphatic carbocycles. The highest BCUT2D eigenvalue weighted by molar-refractivity contribution is 7.89. The fraction of sp³-hybridized carbons (Fsp3) is 0.679. The van der Waals surface area contributed by atoms with E-state index in [4.69, 9.17) is 0 Å². The van der Waals surface area contributed by atoms with Gasteiger partial charge >= 0.3 is 5.97 Å². The molecule has 2 atom stereocenters. The van der Waals surface area contributed by atoms with Gasteiger partial charge in [0.15, 0.2) is 0 Å². The molecule has 4 rings (SSSR count). The number of piperazine rings is 1. The van der Waals surface area contributed by atoms with E-state index >= 15 is 0 Å². The van der Waals surface area contributed by atoms with Gasteiger partial charge in [0.2, 0.25) is 21.8 Å². The van der Waals surface area contributed by atoms with Gasteiger partial charge < -0.3 is 25.1 Å². The van der Waals surface area contributed by atoms with E-state index in [-0.39, 0.29) is 30.2 Å². The van der Waals surface area contributed by atoms with Gasteiger partial charge in [-0.25, -0.2) is 13.2 Å². The van der Waals surface area contributed by atoms with Crippen LogP contribution < -0.4 is 5.32 Å². The van der Waals surface area contributed by atoms with Crippen molar-refractivity contribution in [2.75, 3.05) is 59.4 Å². The maximum absolute atomic E-state index is 13.2. The number of benzene rings is 1. The predicted octanol–water partition coefficient (Wildman–Crippen LogP) is 0.984. The molecule has 3 heterocycles. The lowest BCUT2D eigenvalue weighted by atomic mass is 9.95. The van der Waals surface area contributed by atoms with Crippen LogP contribution in [0.3, 0.4) is 0 Å². The van der Waals surface area contributed by atoms with Gasteiger partial charge in [0.1, 0.15) is 12.1 Å². The van der Waals surface area contributed by atoms with Gasteiger partial charge in [0, 0.05) is 58.8 Å². The van der Waals surface area contributed by atoms with Crippen molar-refractivity contribution in [3.8, 4) is 0 Å². The van der Waals surface area contributed by atoms with Crippen molar-refractivity contribution in [2.45, 2.75) is 62.4 Å². The number of sulfonamides is 1. The fourth-order valence-electron chi connectivity index (χ4n) is 5.85. The Labute approximate surface area is 237 Å². The maximum atomic E-state index is 13.2. The number of nitrogens with zero attached hydrogens (tertiary/aromatic N) is 4. The zero-order chi connectivity index (χ0) is 28.9. The number of likely N-dealkylation sites (N-methyl/N-ethyl adjacent to an activating group) is 1. The second-order valence-corrected chi connectivity index (χ2v) is 13.3. The lowest BCUT2D eigenvalue weighted by Gasteiger charge is -2.38. The van der Waals surface area contributed by atoms with Crippen LogP contribution in [0.4, 0.5) is 0 Å². The minimum atomic E-state index is -3.90. The molecule has 3 fully saturated rings. The molecule has 3 aliphatic heterocycles. The third-order valence-corrected chi connectivity index (χ3v) is 10.4. The number of rotatable bonds is 10. The molecule has 40 heavy (non-hydrogen) atoms. The Balaban J connectivity index is 1.26. The van der Waals surface area contributed by atoms with Gasteiger partial charge in [0.25, 0.3) is 0 Å². The number of aliphatic carboxylic acids is 1. The van der Waals surface area contributed by atoms with Gasteiger partial charge in [-0.15, -0.1) is 0 Å². The zero-order valence-corrected chi connectivity index (χ0v) is 24.4. The fourth-order valence-corrected chi connectivity index (χ4v) is 7.50. The average Bonchev–Trinajstić information content (AvgIpc) is 3.44. The lowest BCUT2D eigenvalue weighted by Crippen LogP contribution is -2.51. The maximum Gasteiger partial charge on any atom is 0.326 e. The van der Waals surface area contributed by atoms with Crippen LogP contribution in [0, 0.1) is 12.8 Å². The van der Waals surface area contributed by atoms with Crippen LogP contribution in [-0.2, 0) is 24.4 Å². The van der Waals surface area contributed by atoms with Gasteiger partial charge in [-0.05, 0) is 64.1 Å². The van der Waals surface area contributed by atoms with Crippen molar-refractivity contribution in [2.24, 2.45) is 5.92 Å². The first-order valence-electron chi connectivity index (χ1n) is 14.3. The highest BCUT2D eigenvalue weighted by atomic mass is 32.2. The Morgan fingerprint density at radius 3 is 2.25 bits per heavy atom. The quantitative estimate of drug-likeness (QED) is 0.421. The van der Waals surface area contributed by atoms with E-state index in [9.17, 15) is 27.9 Å². The van der Waals surface area contributed by atoms with Crippen LogP contribution in [0.1, 0.15) is 44.1 Å². The molecule has 1 aromatic rings. The van der Waals surface area contributed by atoms with Crippen LogP contribution >= 0.6 is 0 Å². The topological polar surface area (TPSA) is 131 Å². The summed E-state index contributed by atoms with van der Waals surface area (Å²) in [5.41, 5.74) is 0.920. The van der Waals surface area contributed by atoms with E-state index in [1.807, 2.05) is 6.92 Å². The van der Waals surface area contributed by atoms with E-state index in [2.05, 4.69) is 22.2 Å². The summed E-state index contributed by atoms with van der Waals surface area (Å²) in [6, 6.07) is 4.17. The number of hydrogen-bond acceptors (Lipinski definition) is 7. The Morgan fingerprint density at radius 1 is 0.975 bits per heavy atom. The summed E-state index contributed by atoms with van der Waals surface area (Å²) >= 11 is 0. The molecule has 0 aromatic heterocycles. The van der Waals surface area contributed by atoms with Crippen LogP contribution in [0.15, 0.2) is 29.2 Å². The van der Waals surface area contributed by atoms with E-state index in [0.717, 1.165) is 55.4 Å². The third-order valence-electron chi connectivity index (χ3n) is 8.47. The van der Waals surface area contributed by atoms with E-state index < -0.39 is 34.0 Å². The molecular weight excluding hydrogens is 534 g/mol. The minimum absolute atomic E-state index is 0.0103. The number of likely N-dealkylation sites (tertiary alicyclic amines) is 1. The number of hydrogen-bond donors (Lipinski definition) is 2. The molecule has 2 N–H and O–H groups in total. The van der Waals surface area contributed by atoms with Crippen LogP contribution in [0.25, 0.3) is 0 Å². The Morgan fingerprint density at radius 2 is 1.62 bits per heavy atom. The number of nitrogens with one attached hydrogen (secondary N) is 1. The van der Waals surface area contributed by atoms with Gasteiger partial charge in [-0.2, -0.15) is 4.31 Å². The number of carboxylic acids is 1. The van der Waals surface area contributed by atoms with Gasteiger partial charge in [0.05, 0.1) is 4.90 Å². The Kier molecular flexibility index (Phi) is 10.2. The molecule has 222 valence electrons. The molecule has 0 unspecified atom stereocenters. The second-order valence-electron chi connectivity index (χ2n) is 11.5. The largest absolute Gasteiger partial charge is 0.480 e. The monoisotopic (exact) mass is 577 g/mol. The Bertz CT molecular complexity index is 1140. The summed E-state index contributed by atoms with van der Waals surface area (Å²) in [6.45, 7) is 8.75. The van der Waals surface area contributed by atoms with Crippen LogP contribution in [-0.4, -0.2) is 122 Å². The molecule has 3 aliphatic rings. The van der Waals surface area contributed by atoms with Crippen molar-refractivity contribution in [3.63, 3.8) is 0 Å². The number of carbonyl (C=O) groups excluding carboxylic acids is 2. The standard InChI is InChI=1S/C28H43N5O6S/c1-21-5-7-23(8-6-21)40(38,39)33-13-3-4-25(33)27(35)29-24(28(36)37)9-10-26(34)32-14-11-22(12-15-32)20-31-18-16-30(2)17-19-31/h5-8,22,24-25H,3-4,9-20H2,1-2H3,(H,29,35)(H,36,37)/t24-,25-/m0/s1. The zero-order valence-electron chi connectivity index (χ0n) is 23.6. The molecule has 12 heteroatoms. The molecule has 0 radical (unpaired) electrons. The number of aryl methyl sites for hydroxylation is 1. The van der Waals surface area contributed by atoms with Crippen molar-refractivity contribution in [3.05, 3.63) is 29.8 Å². The van der Waals surface area contributed by atoms with Crippen molar-refractivity contribution in [1.82, 2.24) is 24.3 Å². The molecule has 0 saturated carbocycles. The summed E-state index contributed by atoms with van der Waals surface area (Å²) in [6.07, 6.45) is 2.65. The van der Waals surface area contributed by atoms with E-state index in [1.165, 1.54) is 12.1 Å². The third kappa shape index (κ3) is 7.59. The summed E-state index contributed by atoms with van der Waals surface area (Å²) in [5, 5.41) is 12.3. The first-order valence-corrected chi connectivity index (χ1v) is 15.8. The number of amides is 2. The number of carboxylic acid groups (broad SMARTS) is 1. The summed E-state index contributed by atoms with van der Waals surface area (Å²) in [7, 11) is -1.76. The first-order chi connectivity index (χ1) is 19.0. The molecule has 3 saturated heterocycles. The first kappa shape index (κ1) is 30.4. The normalized spacial score (nSPS) is 22.8. The summed E-state index contributed by atoms with van der Waals surface area (Å²) in [5.74, 6) is -1.43. The summed E-state index contributed by atoms with van der Waals surface area (Å²) < 4.78 is 27.5. The number of piperidine rings is 1. The molecule has 1 aromatic carbocycles. The summed E-state index contributed by atoms with van der Waals surface area (Å²) in [4.78, 5) is 44.6. The molecule has 2 amide bonds. The minimum Gasteiger partial charge on any atom is -0.480 e. The van der Waals surface area contributed by atoms with Gasteiger partial charge in [-0.1, -0.05) is 17.7 Å². The predicted molar refractivity (Wildman–Crippen MR) is 150 cm³/mol. The van der Waals surface area contributed by atoms with Crippen molar-refractivity contribution >= 4 is 27.8 Å². The van der Waals surface area contributed by atoms with Gasteiger partial charge in [-0.3, -0.25) is 9.59 Å². The molecule has 11 nitrogen and oxygen atoms in total. The molecule has 0 spiro atoms. The van der Waals surface area contributed by atoms with Crippen LogP contribution in [0.5, 0.6) is 0 Å². The SMILES string of the molecule is Cc1ccc(S(=O)(=O)N2CCC[C@H]2C(=O)N[C@@H](CCC(=O)N2CCC(CN3CCN(C)CC3)CC2)C(=O)O)cc1. The average molecular weight is 578 g/mol. The van der Waals surface area contributed by atoms with E-state index in [1.54, 1.807) is 17.0 Å². The van der Waals surface area contributed by atoms with Crippen molar-refractivity contribution < 1.29 is 27.9 Å². The lowest BCUT2D eigenvalue weighted by molar-refractivity contribution is -0.143. The second kappa shape index (κ2) is 13.4. The van der Waals surface area contributed by atoms with Crippen LogP contribution in [0.2, 0.25) is 0 Å². The smallest absolute Gasteiger partial charge is 0.326 e. The Hall–Kier alpha value is -2.54. The highest BCUT2D eigenvalue weighted by Crippen LogP contribution is 2.27. The molecule has 0 bridgehead atoms. The number of carbonyl (C=O) groups is 3. The highest BCUT2D eigenvalue weighted by Gasteiger charge is 2.40. The van der Waals surface area contributed by atoms with E-state index in [0.29, 0.717) is 31.8 Å². The molecular formula is C28H43N5O6S.